The summed E-state index contributed by atoms with van der Waals surface area (Å²) in [6.07, 6.45) is 0.649. The van der Waals surface area contributed by atoms with E-state index < -0.39 is 29.5 Å². The molecule has 27 heavy (non-hydrogen) atoms. The average Bonchev–Trinajstić information content (AvgIpc) is 2.61. The molecule has 1 aromatic carbocycles. The number of hydrogen-bond donors (Lipinski definition) is 3. The van der Waals surface area contributed by atoms with Crippen molar-refractivity contribution in [2.75, 3.05) is 26.2 Å². The van der Waals surface area contributed by atoms with Crippen molar-refractivity contribution < 1.29 is 22.8 Å². The molecule has 0 aromatic heterocycles. The summed E-state index contributed by atoms with van der Waals surface area (Å²) in [5.74, 6) is -3.92. The summed E-state index contributed by atoms with van der Waals surface area (Å²) in [6, 6.07) is -0.208. The SMILES string of the molecule is CCCNCC1C(=O)NCCN1C(=O)CC(N)Cc1cc(F)c(F)cc1F. The van der Waals surface area contributed by atoms with Crippen LogP contribution in [0.15, 0.2) is 12.1 Å². The van der Waals surface area contributed by atoms with Gasteiger partial charge in [0.15, 0.2) is 11.6 Å². The number of piperazine rings is 1. The van der Waals surface area contributed by atoms with Crippen molar-refractivity contribution in [3.8, 4) is 0 Å². The number of halogens is 3. The molecule has 1 aliphatic heterocycles. The Bertz CT molecular complexity index is 687. The molecule has 4 N–H and O–H groups in total. The van der Waals surface area contributed by atoms with Crippen LogP contribution in [0, 0.1) is 17.5 Å². The van der Waals surface area contributed by atoms with Gasteiger partial charge in [-0.15, -0.1) is 0 Å². The van der Waals surface area contributed by atoms with Crippen LogP contribution in [0.3, 0.4) is 0 Å². The van der Waals surface area contributed by atoms with Gasteiger partial charge in [0, 0.05) is 38.2 Å². The number of hydrogen-bond acceptors (Lipinski definition) is 4. The first kappa shape index (κ1) is 21.2. The fourth-order valence-corrected chi connectivity index (χ4v) is 3.05. The van der Waals surface area contributed by atoms with E-state index in [2.05, 4.69) is 10.6 Å². The number of carbonyl (C=O) groups excluding carboxylic acids is 2. The minimum atomic E-state index is -1.28. The summed E-state index contributed by atoms with van der Waals surface area (Å²) < 4.78 is 40.1. The molecule has 2 atom stereocenters. The third-order valence-electron chi connectivity index (χ3n) is 4.42. The Hall–Kier alpha value is -2.13. The molecular weight excluding hydrogens is 361 g/mol. The fraction of sp³-hybridized carbons (Fsp3) is 0.556. The van der Waals surface area contributed by atoms with Crippen LogP contribution in [0.25, 0.3) is 0 Å². The molecule has 1 heterocycles. The Morgan fingerprint density at radius 3 is 2.74 bits per heavy atom. The summed E-state index contributed by atoms with van der Waals surface area (Å²) in [7, 11) is 0. The highest BCUT2D eigenvalue weighted by molar-refractivity contribution is 5.89. The summed E-state index contributed by atoms with van der Waals surface area (Å²) in [5.41, 5.74) is 5.83. The van der Waals surface area contributed by atoms with Crippen LogP contribution < -0.4 is 16.4 Å². The second-order valence-electron chi connectivity index (χ2n) is 6.62. The zero-order valence-corrected chi connectivity index (χ0v) is 15.2. The van der Waals surface area contributed by atoms with Crippen molar-refractivity contribution >= 4 is 11.8 Å². The van der Waals surface area contributed by atoms with E-state index in [9.17, 15) is 22.8 Å². The number of carbonyl (C=O) groups is 2. The summed E-state index contributed by atoms with van der Waals surface area (Å²) in [4.78, 5) is 26.2. The van der Waals surface area contributed by atoms with Crippen LogP contribution >= 0.6 is 0 Å². The Morgan fingerprint density at radius 2 is 2.04 bits per heavy atom. The average molecular weight is 386 g/mol. The van der Waals surface area contributed by atoms with Gasteiger partial charge in [0.25, 0.3) is 0 Å². The second kappa shape index (κ2) is 9.70. The summed E-state index contributed by atoms with van der Waals surface area (Å²) in [6.45, 7) is 3.75. The Balaban J connectivity index is 1.99. The van der Waals surface area contributed by atoms with Gasteiger partial charge in [0.2, 0.25) is 11.8 Å². The van der Waals surface area contributed by atoms with Gasteiger partial charge in [-0.25, -0.2) is 13.2 Å². The van der Waals surface area contributed by atoms with E-state index in [1.54, 1.807) is 0 Å². The lowest BCUT2D eigenvalue weighted by molar-refractivity contribution is -0.143. The number of nitrogens with two attached hydrogens (primary N) is 1. The van der Waals surface area contributed by atoms with Crippen LogP contribution in [0.1, 0.15) is 25.3 Å². The van der Waals surface area contributed by atoms with Gasteiger partial charge in [-0.1, -0.05) is 6.92 Å². The van der Waals surface area contributed by atoms with Crippen LogP contribution in [0.2, 0.25) is 0 Å². The largest absolute Gasteiger partial charge is 0.352 e. The van der Waals surface area contributed by atoms with Gasteiger partial charge in [-0.2, -0.15) is 0 Å². The Kier molecular flexibility index (Phi) is 7.61. The molecule has 1 saturated heterocycles. The van der Waals surface area contributed by atoms with E-state index in [0.29, 0.717) is 25.7 Å². The first-order chi connectivity index (χ1) is 12.8. The van der Waals surface area contributed by atoms with E-state index in [1.165, 1.54) is 4.90 Å². The lowest BCUT2D eigenvalue weighted by Crippen LogP contribution is -2.60. The highest BCUT2D eigenvalue weighted by Crippen LogP contribution is 2.16. The molecule has 0 saturated carbocycles. The van der Waals surface area contributed by atoms with Gasteiger partial charge in [-0.05, 0) is 31.0 Å². The topological polar surface area (TPSA) is 87.5 Å². The third-order valence-corrected chi connectivity index (χ3v) is 4.42. The third kappa shape index (κ3) is 5.67. The minimum Gasteiger partial charge on any atom is -0.352 e. The van der Waals surface area contributed by atoms with Crippen LogP contribution in [-0.2, 0) is 16.0 Å². The second-order valence-corrected chi connectivity index (χ2v) is 6.62. The smallest absolute Gasteiger partial charge is 0.244 e. The van der Waals surface area contributed by atoms with Gasteiger partial charge in [-0.3, -0.25) is 9.59 Å². The normalized spacial score (nSPS) is 18.3. The molecule has 0 aliphatic carbocycles. The molecule has 1 aromatic rings. The summed E-state index contributed by atoms with van der Waals surface area (Å²) >= 11 is 0. The van der Waals surface area contributed by atoms with Crippen molar-refractivity contribution in [2.24, 2.45) is 5.73 Å². The Labute approximate surface area is 156 Å². The highest BCUT2D eigenvalue weighted by Gasteiger charge is 2.33. The number of nitrogens with zero attached hydrogens (tertiary/aromatic N) is 1. The molecule has 6 nitrogen and oxygen atoms in total. The molecule has 0 spiro atoms. The predicted octanol–water partition coefficient (Wildman–Crippen LogP) is 0.690. The molecular formula is C18H25F3N4O2. The number of rotatable bonds is 8. The highest BCUT2D eigenvalue weighted by atomic mass is 19.2. The monoisotopic (exact) mass is 386 g/mol. The molecule has 0 bridgehead atoms. The molecule has 1 fully saturated rings. The number of nitrogens with one attached hydrogen (secondary N) is 2. The molecule has 2 rings (SSSR count). The van der Waals surface area contributed by atoms with Gasteiger partial charge in [0.1, 0.15) is 11.9 Å². The van der Waals surface area contributed by atoms with E-state index in [4.69, 9.17) is 5.73 Å². The molecule has 1 aliphatic rings. The van der Waals surface area contributed by atoms with Crippen molar-refractivity contribution in [3.63, 3.8) is 0 Å². The van der Waals surface area contributed by atoms with Crippen molar-refractivity contribution in [1.82, 2.24) is 15.5 Å². The van der Waals surface area contributed by atoms with E-state index in [1.807, 2.05) is 6.92 Å². The maximum absolute atomic E-state index is 13.8. The van der Waals surface area contributed by atoms with Gasteiger partial charge in [0.05, 0.1) is 0 Å². The van der Waals surface area contributed by atoms with Gasteiger partial charge >= 0.3 is 0 Å². The maximum Gasteiger partial charge on any atom is 0.244 e. The Morgan fingerprint density at radius 1 is 1.33 bits per heavy atom. The van der Waals surface area contributed by atoms with Crippen LogP contribution in [-0.4, -0.2) is 55.0 Å². The standard InChI is InChI=1S/C18H25F3N4O2/c1-2-3-23-10-16-18(27)24-4-5-25(16)17(26)8-12(22)6-11-7-14(20)15(21)9-13(11)19/h7,9,12,16,23H,2-6,8,10,22H2,1H3,(H,24,27). The minimum absolute atomic E-state index is 0.0910. The van der Waals surface area contributed by atoms with Crippen molar-refractivity contribution in [1.29, 1.82) is 0 Å². The zero-order chi connectivity index (χ0) is 20.0. The quantitative estimate of drug-likeness (QED) is 0.453. The first-order valence-electron chi connectivity index (χ1n) is 9.00. The lowest BCUT2D eigenvalue weighted by Gasteiger charge is -2.35. The molecule has 0 radical (unpaired) electrons. The molecule has 2 amide bonds. The van der Waals surface area contributed by atoms with E-state index >= 15 is 0 Å². The van der Waals surface area contributed by atoms with Crippen molar-refractivity contribution in [2.45, 2.75) is 38.3 Å². The van der Waals surface area contributed by atoms with Crippen LogP contribution in [0.5, 0.6) is 0 Å². The molecule has 2 unspecified atom stereocenters. The van der Waals surface area contributed by atoms with E-state index in [-0.39, 0.29) is 30.2 Å². The number of benzene rings is 1. The van der Waals surface area contributed by atoms with Crippen molar-refractivity contribution in [3.05, 3.63) is 35.1 Å². The van der Waals surface area contributed by atoms with Crippen LogP contribution in [0.4, 0.5) is 13.2 Å². The predicted molar refractivity (Wildman–Crippen MR) is 94.3 cm³/mol. The molecule has 150 valence electrons. The van der Waals surface area contributed by atoms with Gasteiger partial charge < -0.3 is 21.3 Å². The number of amides is 2. The first-order valence-corrected chi connectivity index (χ1v) is 9.00. The zero-order valence-electron chi connectivity index (χ0n) is 15.2. The fourth-order valence-electron chi connectivity index (χ4n) is 3.05. The maximum atomic E-state index is 13.8. The summed E-state index contributed by atoms with van der Waals surface area (Å²) in [5, 5.41) is 5.84. The lowest BCUT2D eigenvalue weighted by atomic mass is 10.0. The van der Waals surface area contributed by atoms with E-state index in [0.717, 1.165) is 19.0 Å². The molecule has 9 heteroatoms.